The van der Waals surface area contributed by atoms with Gasteiger partial charge in [0.25, 0.3) is 0 Å². The number of hydrogen-bond acceptors (Lipinski definition) is 2. The van der Waals surface area contributed by atoms with Gasteiger partial charge in [0.15, 0.2) is 0 Å². The summed E-state index contributed by atoms with van der Waals surface area (Å²) in [6, 6.07) is 10.5. The van der Waals surface area contributed by atoms with E-state index in [0.717, 1.165) is 12.2 Å². The van der Waals surface area contributed by atoms with E-state index in [2.05, 4.69) is 38.1 Å². The Morgan fingerprint density at radius 1 is 1.31 bits per heavy atom. The van der Waals surface area contributed by atoms with Crippen molar-refractivity contribution in [3.8, 4) is 0 Å². The third kappa shape index (κ3) is 1.57. The van der Waals surface area contributed by atoms with E-state index in [-0.39, 0.29) is 11.4 Å². The molecular weight excluding hydrogens is 289 g/mol. The van der Waals surface area contributed by atoms with E-state index in [1.807, 2.05) is 22.9 Å². The van der Waals surface area contributed by atoms with Gasteiger partial charge < -0.3 is 0 Å². The monoisotopic (exact) mass is 297 g/mol. The Bertz CT molecular complexity index is 511. The molecule has 5 heteroatoms. The summed E-state index contributed by atoms with van der Waals surface area (Å²) in [7, 11) is 0. The van der Waals surface area contributed by atoms with E-state index in [0.29, 0.717) is 4.73 Å². The first kappa shape index (κ1) is 10.3. The fourth-order valence-corrected chi connectivity index (χ4v) is 2.77. The number of hydrogen-bond donors (Lipinski definition) is 0. The van der Waals surface area contributed by atoms with Crippen LogP contribution in [0.15, 0.2) is 35.1 Å². The average Bonchev–Trinajstić information content (AvgIpc) is 2.80. The second kappa shape index (κ2) is 3.86. The summed E-state index contributed by atoms with van der Waals surface area (Å²) in [6.45, 7) is 0. The van der Waals surface area contributed by atoms with Gasteiger partial charge >= 0.3 is 0 Å². The van der Waals surface area contributed by atoms with Gasteiger partial charge in [-0.3, -0.25) is 0 Å². The van der Waals surface area contributed by atoms with Crippen LogP contribution in [0.2, 0.25) is 0 Å². The largest absolute Gasteiger partial charge is 0.240 e. The molecule has 1 aromatic heterocycles. The van der Waals surface area contributed by atoms with Gasteiger partial charge in [-0.25, -0.2) is 9.67 Å². The maximum Gasteiger partial charge on any atom is 0.217 e. The maximum atomic E-state index is 6.26. The van der Waals surface area contributed by atoms with Crippen molar-refractivity contribution < 1.29 is 0 Å². The molecule has 1 aromatic carbocycles. The Morgan fingerprint density at radius 2 is 2.06 bits per heavy atom. The van der Waals surface area contributed by atoms with Gasteiger partial charge in [-0.2, -0.15) is 0 Å². The van der Waals surface area contributed by atoms with Crippen molar-refractivity contribution in [3.05, 3.63) is 46.5 Å². The lowest BCUT2D eigenvalue weighted by Crippen LogP contribution is -2.07. The number of aromatic nitrogens is 3. The van der Waals surface area contributed by atoms with Crippen LogP contribution in [0.25, 0.3) is 0 Å². The van der Waals surface area contributed by atoms with Crippen LogP contribution in [-0.2, 0) is 0 Å². The molecule has 2 aromatic rings. The topological polar surface area (TPSA) is 30.7 Å². The number of alkyl halides is 1. The zero-order valence-electron chi connectivity index (χ0n) is 8.35. The molecule has 0 N–H and O–H groups in total. The predicted molar refractivity (Wildman–Crippen MR) is 65.5 cm³/mol. The lowest BCUT2D eigenvalue weighted by atomic mass is 10.1. The third-order valence-electron chi connectivity index (χ3n) is 2.82. The number of rotatable bonds is 1. The molecule has 1 aliphatic heterocycles. The van der Waals surface area contributed by atoms with Crippen LogP contribution in [0.3, 0.4) is 0 Å². The molecular formula is C11H9BrClN3. The first-order valence-electron chi connectivity index (χ1n) is 5.06. The fourth-order valence-electron chi connectivity index (χ4n) is 2.10. The van der Waals surface area contributed by atoms with Crippen LogP contribution in [-0.4, -0.2) is 14.8 Å². The molecule has 3 rings (SSSR count). The van der Waals surface area contributed by atoms with Gasteiger partial charge in [0.1, 0.15) is 5.82 Å². The normalized spacial score (nSPS) is 23.4. The molecule has 3 nitrogen and oxygen atoms in total. The first-order valence-corrected chi connectivity index (χ1v) is 6.29. The molecule has 2 heterocycles. The zero-order valence-corrected chi connectivity index (χ0v) is 10.7. The fraction of sp³-hybridized carbons (Fsp3) is 0.273. The lowest BCUT2D eigenvalue weighted by molar-refractivity contribution is 0.550. The number of benzene rings is 1. The Hall–Kier alpha value is -0.870. The van der Waals surface area contributed by atoms with Crippen LogP contribution in [0.5, 0.6) is 0 Å². The molecule has 2 atom stereocenters. The molecule has 0 fully saturated rings. The summed E-state index contributed by atoms with van der Waals surface area (Å²) in [5.74, 6) is 0.849. The Labute approximate surface area is 107 Å². The molecule has 0 spiro atoms. The summed E-state index contributed by atoms with van der Waals surface area (Å²) in [6.07, 6.45) is 0.855. The van der Waals surface area contributed by atoms with Crippen LogP contribution < -0.4 is 0 Å². The molecule has 0 aliphatic carbocycles. The van der Waals surface area contributed by atoms with Gasteiger partial charge in [0.2, 0.25) is 4.73 Å². The van der Waals surface area contributed by atoms with Crippen LogP contribution in [0.1, 0.15) is 29.2 Å². The Kier molecular flexibility index (Phi) is 2.48. The molecule has 0 amide bonds. The van der Waals surface area contributed by atoms with Crippen LogP contribution in [0.4, 0.5) is 0 Å². The summed E-state index contributed by atoms with van der Waals surface area (Å²) in [5, 5.41) is 4.29. The zero-order chi connectivity index (χ0) is 11.1. The first-order chi connectivity index (χ1) is 7.75. The van der Waals surface area contributed by atoms with Crippen molar-refractivity contribution in [3.63, 3.8) is 0 Å². The minimum atomic E-state index is -0.0518. The van der Waals surface area contributed by atoms with E-state index >= 15 is 0 Å². The second-order valence-electron chi connectivity index (χ2n) is 3.81. The van der Waals surface area contributed by atoms with E-state index < -0.39 is 0 Å². The minimum absolute atomic E-state index is 0.0518. The molecule has 1 unspecified atom stereocenters. The molecule has 0 saturated carbocycles. The van der Waals surface area contributed by atoms with Gasteiger partial charge in [0, 0.05) is 0 Å². The summed E-state index contributed by atoms with van der Waals surface area (Å²) in [4.78, 5) is 4.28. The number of nitrogens with zero attached hydrogens (tertiary/aromatic N) is 3. The van der Waals surface area contributed by atoms with Crippen molar-refractivity contribution in [2.45, 2.75) is 17.8 Å². The van der Waals surface area contributed by atoms with Gasteiger partial charge in [0.05, 0.1) is 11.4 Å². The lowest BCUT2D eigenvalue weighted by Gasteiger charge is -2.11. The van der Waals surface area contributed by atoms with E-state index in [1.165, 1.54) is 5.56 Å². The summed E-state index contributed by atoms with van der Waals surface area (Å²) >= 11 is 9.54. The minimum Gasteiger partial charge on any atom is -0.240 e. The van der Waals surface area contributed by atoms with E-state index in [4.69, 9.17) is 11.6 Å². The second-order valence-corrected chi connectivity index (χ2v) is 5.05. The predicted octanol–water partition coefficient (Wildman–Crippen LogP) is 3.31. The number of fused-ring (bicyclic) bond motifs is 1. The van der Waals surface area contributed by atoms with E-state index in [9.17, 15) is 0 Å². The molecule has 0 radical (unpaired) electrons. The average molecular weight is 299 g/mol. The quantitative estimate of drug-likeness (QED) is 0.756. The summed E-state index contributed by atoms with van der Waals surface area (Å²) in [5.41, 5.74) is 1.23. The molecule has 82 valence electrons. The Morgan fingerprint density at radius 3 is 2.81 bits per heavy atom. The van der Waals surface area contributed by atoms with E-state index in [1.54, 1.807) is 0 Å². The van der Waals surface area contributed by atoms with Crippen LogP contribution in [0, 0.1) is 0 Å². The highest BCUT2D eigenvalue weighted by atomic mass is 79.9. The van der Waals surface area contributed by atoms with Crippen molar-refractivity contribution in [1.82, 2.24) is 14.8 Å². The molecule has 0 bridgehead atoms. The molecule has 0 saturated heterocycles. The highest BCUT2D eigenvalue weighted by Gasteiger charge is 2.33. The Balaban J connectivity index is 2.06. The van der Waals surface area contributed by atoms with Crippen LogP contribution >= 0.6 is 27.5 Å². The van der Waals surface area contributed by atoms with Gasteiger partial charge in [-0.1, -0.05) is 30.3 Å². The smallest absolute Gasteiger partial charge is 0.217 e. The third-order valence-corrected chi connectivity index (χ3v) is 3.53. The SMILES string of the molecule is Cl[C@H]1CC(c2ccccc2)n2nc(Br)nc21. The van der Waals surface area contributed by atoms with Gasteiger partial charge in [-0.15, -0.1) is 16.7 Å². The highest BCUT2D eigenvalue weighted by molar-refractivity contribution is 9.10. The van der Waals surface area contributed by atoms with Crippen molar-refractivity contribution in [2.75, 3.05) is 0 Å². The standard InChI is InChI=1S/C11H9BrClN3/c12-11-14-10-8(13)6-9(16(10)15-11)7-4-2-1-3-5-7/h1-5,8-9H,6H2/t8-,9?/m0/s1. The maximum absolute atomic E-state index is 6.26. The van der Waals surface area contributed by atoms with Crippen molar-refractivity contribution in [1.29, 1.82) is 0 Å². The van der Waals surface area contributed by atoms with Crippen molar-refractivity contribution >= 4 is 27.5 Å². The van der Waals surface area contributed by atoms with Gasteiger partial charge in [-0.05, 0) is 27.9 Å². The summed E-state index contributed by atoms with van der Waals surface area (Å²) < 4.78 is 2.52. The molecule has 1 aliphatic rings. The highest BCUT2D eigenvalue weighted by Crippen LogP contribution is 2.40. The number of halogens is 2. The van der Waals surface area contributed by atoms with Crippen molar-refractivity contribution in [2.24, 2.45) is 0 Å². The molecule has 16 heavy (non-hydrogen) atoms.